The Morgan fingerprint density at radius 2 is 1.53 bits per heavy atom. The molecule has 86 valence electrons. The molecule has 0 saturated heterocycles. The van der Waals surface area contributed by atoms with Crippen LogP contribution < -0.4 is 0 Å². The number of benzene rings is 2. The van der Waals surface area contributed by atoms with Gasteiger partial charge in [0.15, 0.2) is 5.75 Å². The topological polar surface area (TPSA) is 83.6 Å². The van der Waals surface area contributed by atoms with Crippen molar-refractivity contribution < 1.29 is 15.1 Å². The zero-order valence-electron chi connectivity index (χ0n) is 8.70. The molecule has 0 aromatic heterocycles. The molecule has 2 rings (SSSR count). The Labute approximate surface area is 96.7 Å². The van der Waals surface area contributed by atoms with Crippen molar-refractivity contribution >= 4 is 5.69 Å². The molecule has 0 unspecified atom stereocenters. The van der Waals surface area contributed by atoms with Crippen molar-refractivity contribution in [3.63, 3.8) is 0 Å². The lowest BCUT2D eigenvalue weighted by Gasteiger charge is -2.03. The largest absolute Gasteiger partial charge is 0.508 e. The van der Waals surface area contributed by atoms with Gasteiger partial charge in [0.05, 0.1) is 4.92 Å². The van der Waals surface area contributed by atoms with E-state index in [1.807, 2.05) is 0 Å². The van der Waals surface area contributed by atoms with Crippen molar-refractivity contribution in [2.75, 3.05) is 0 Å². The Morgan fingerprint density at radius 3 is 2.12 bits per heavy atom. The summed E-state index contributed by atoms with van der Waals surface area (Å²) in [5, 5.41) is 29.1. The summed E-state index contributed by atoms with van der Waals surface area (Å²) >= 11 is 0. The molecule has 5 heteroatoms. The van der Waals surface area contributed by atoms with Gasteiger partial charge in [0.2, 0.25) is 0 Å². The summed E-state index contributed by atoms with van der Waals surface area (Å²) in [6.45, 7) is 0. The van der Waals surface area contributed by atoms with Crippen LogP contribution in [0.4, 0.5) is 5.69 Å². The molecule has 5 nitrogen and oxygen atoms in total. The monoisotopic (exact) mass is 231 g/mol. The van der Waals surface area contributed by atoms with E-state index in [0.717, 1.165) is 5.56 Å². The molecule has 0 heterocycles. The number of hydrogen-bond donors (Lipinski definition) is 2. The summed E-state index contributed by atoms with van der Waals surface area (Å²) in [4.78, 5) is 10.0. The summed E-state index contributed by atoms with van der Waals surface area (Å²) in [6.07, 6.45) is 0. The van der Waals surface area contributed by atoms with Crippen LogP contribution in [0.15, 0.2) is 42.5 Å². The van der Waals surface area contributed by atoms with Crippen LogP contribution >= 0.6 is 0 Å². The highest BCUT2D eigenvalue weighted by Gasteiger charge is 2.14. The van der Waals surface area contributed by atoms with E-state index >= 15 is 0 Å². The van der Waals surface area contributed by atoms with Crippen molar-refractivity contribution in [1.82, 2.24) is 0 Å². The van der Waals surface area contributed by atoms with E-state index in [1.54, 1.807) is 18.2 Å². The van der Waals surface area contributed by atoms with Crippen LogP contribution in [-0.4, -0.2) is 15.1 Å². The van der Waals surface area contributed by atoms with Gasteiger partial charge in [0.1, 0.15) is 5.75 Å². The maximum atomic E-state index is 10.7. The minimum atomic E-state index is -0.640. The number of hydrogen-bond acceptors (Lipinski definition) is 4. The van der Waals surface area contributed by atoms with Crippen LogP contribution in [-0.2, 0) is 0 Å². The second kappa shape index (κ2) is 4.13. The Balaban J connectivity index is 2.50. The van der Waals surface area contributed by atoms with E-state index in [4.69, 9.17) is 5.11 Å². The molecule has 0 spiro atoms. The van der Waals surface area contributed by atoms with Crippen molar-refractivity contribution in [3.05, 3.63) is 52.6 Å². The third-order valence-corrected chi connectivity index (χ3v) is 2.37. The summed E-state index contributed by atoms with van der Waals surface area (Å²) < 4.78 is 0. The molecule has 0 atom stereocenters. The lowest BCUT2D eigenvalue weighted by atomic mass is 10.0. The molecule has 17 heavy (non-hydrogen) atoms. The second-order valence-corrected chi connectivity index (χ2v) is 3.51. The van der Waals surface area contributed by atoms with Gasteiger partial charge >= 0.3 is 5.69 Å². The highest BCUT2D eigenvalue weighted by Crippen LogP contribution is 2.31. The van der Waals surface area contributed by atoms with Gasteiger partial charge in [-0.2, -0.15) is 0 Å². The van der Waals surface area contributed by atoms with Crippen LogP contribution in [0.5, 0.6) is 11.5 Å². The summed E-state index contributed by atoms with van der Waals surface area (Å²) in [5.41, 5.74) is 0.996. The summed E-state index contributed by atoms with van der Waals surface area (Å²) in [6, 6.07) is 10.4. The molecule has 0 aliphatic heterocycles. The highest BCUT2D eigenvalue weighted by molar-refractivity contribution is 5.69. The van der Waals surface area contributed by atoms with Gasteiger partial charge < -0.3 is 10.2 Å². The Kier molecular flexibility index (Phi) is 2.66. The number of nitrogens with zero attached hydrogens (tertiary/aromatic N) is 1. The fraction of sp³-hybridized carbons (Fsp3) is 0. The molecule has 2 aromatic carbocycles. The van der Waals surface area contributed by atoms with Crippen LogP contribution in [0.3, 0.4) is 0 Å². The molecule has 0 fully saturated rings. The van der Waals surface area contributed by atoms with Gasteiger partial charge in [-0.15, -0.1) is 0 Å². The van der Waals surface area contributed by atoms with Crippen LogP contribution in [0, 0.1) is 10.1 Å². The van der Waals surface area contributed by atoms with E-state index in [2.05, 4.69) is 0 Å². The first-order valence-electron chi connectivity index (χ1n) is 4.85. The standard InChI is InChI=1S/C12H9NO4/c14-10-4-1-8(2-5-10)9-3-6-12(15)11(7-9)13(16)17/h1-7,14-15H. The van der Waals surface area contributed by atoms with Gasteiger partial charge in [-0.1, -0.05) is 18.2 Å². The van der Waals surface area contributed by atoms with E-state index in [0.29, 0.717) is 5.56 Å². The predicted octanol–water partition coefficient (Wildman–Crippen LogP) is 2.67. The van der Waals surface area contributed by atoms with E-state index in [-0.39, 0.29) is 17.2 Å². The normalized spacial score (nSPS) is 10.1. The minimum Gasteiger partial charge on any atom is -0.508 e. The first-order valence-corrected chi connectivity index (χ1v) is 4.85. The maximum absolute atomic E-state index is 10.7. The van der Waals surface area contributed by atoms with Crippen LogP contribution in [0.2, 0.25) is 0 Å². The first-order chi connectivity index (χ1) is 8.08. The Hall–Kier alpha value is -2.56. The van der Waals surface area contributed by atoms with E-state index in [1.165, 1.54) is 24.3 Å². The maximum Gasteiger partial charge on any atom is 0.311 e. The lowest BCUT2D eigenvalue weighted by molar-refractivity contribution is -0.385. The number of aromatic hydroxyl groups is 2. The summed E-state index contributed by atoms with van der Waals surface area (Å²) in [7, 11) is 0. The molecule has 2 N–H and O–H groups in total. The minimum absolute atomic E-state index is 0.127. The molecular weight excluding hydrogens is 222 g/mol. The number of rotatable bonds is 2. The third kappa shape index (κ3) is 2.17. The number of nitro groups is 1. The quantitative estimate of drug-likeness (QED) is 0.614. The average molecular weight is 231 g/mol. The fourth-order valence-corrected chi connectivity index (χ4v) is 1.50. The molecule has 0 saturated carbocycles. The van der Waals surface area contributed by atoms with Crippen molar-refractivity contribution in [3.8, 4) is 22.6 Å². The molecule has 2 aromatic rings. The second-order valence-electron chi connectivity index (χ2n) is 3.51. The molecular formula is C12H9NO4. The van der Waals surface area contributed by atoms with E-state index in [9.17, 15) is 15.2 Å². The van der Waals surface area contributed by atoms with Crippen molar-refractivity contribution in [1.29, 1.82) is 0 Å². The number of phenolic OH excluding ortho intramolecular Hbond substituents is 2. The summed E-state index contributed by atoms with van der Waals surface area (Å²) in [5.74, 6) is -0.237. The third-order valence-electron chi connectivity index (χ3n) is 2.37. The smallest absolute Gasteiger partial charge is 0.311 e. The zero-order valence-corrected chi connectivity index (χ0v) is 8.70. The SMILES string of the molecule is O=[N+]([O-])c1cc(-c2ccc(O)cc2)ccc1O. The molecule has 0 radical (unpaired) electrons. The van der Waals surface area contributed by atoms with E-state index < -0.39 is 4.92 Å². The molecule has 0 aliphatic rings. The molecule has 0 bridgehead atoms. The van der Waals surface area contributed by atoms with Crippen LogP contribution in [0.25, 0.3) is 11.1 Å². The lowest BCUT2D eigenvalue weighted by Crippen LogP contribution is -1.89. The van der Waals surface area contributed by atoms with Gasteiger partial charge in [-0.25, -0.2) is 0 Å². The van der Waals surface area contributed by atoms with Crippen molar-refractivity contribution in [2.45, 2.75) is 0 Å². The number of nitro benzene ring substituents is 1. The highest BCUT2D eigenvalue weighted by atomic mass is 16.6. The van der Waals surface area contributed by atoms with Crippen molar-refractivity contribution in [2.24, 2.45) is 0 Å². The zero-order chi connectivity index (χ0) is 12.4. The first kappa shape index (κ1) is 10.9. The number of phenols is 2. The molecule has 0 aliphatic carbocycles. The van der Waals surface area contributed by atoms with Gasteiger partial charge in [-0.3, -0.25) is 10.1 Å². The average Bonchev–Trinajstić information content (AvgIpc) is 2.30. The Bertz CT molecular complexity index is 563. The predicted molar refractivity (Wildman–Crippen MR) is 61.9 cm³/mol. The van der Waals surface area contributed by atoms with Crippen LogP contribution in [0.1, 0.15) is 0 Å². The van der Waals surface area contributed by atoms with Gasteiger partial charge in [-0.05, 0) is 29.3 Å². The fourth-order valence-electron chi connectivity index (χ4n) is 1.50. The molecule has 0 amide bonds. The van der Waals surface area contributed by atoms with Gasteiger partial charge in [0, 0.05) is 6.07 Å². The Morgan fingerprint density at radius 1 is 0.941 bits per heavy atom. The van der Waals surface area contributed by atoms with Gasteiger partial charge in [0.25, 0.3) is 0 Å².